The molecule has 0 bridgehead atoms. The van der Waals surface area contributed by atoms with E-state index in [9.17, 15) is 0 Å². The number of ether oxygens (including phenoxy) is 2. The molecule has 15 heavy (non-hydrogen) atoms. The highest BCUT2D eigenvalue weighted by Gasteiger charge is 2.26. The molecule has 0 aromatic heterocycles. The van der Waals surface area contributed by atoms with Gasteiger partial charge in [0.15, 0.2) is 0 Å². The van der Waals surface area contributed by atoms with Crippen molar-refractivity contribution in [3.05, 3.63) is 17.7 Å². The second-order valence-corrected chi connectivity index (χ2v) is 4.63. The summed E-state index contributed by atoms with van der Waals surface area (Å²) in [5, 5.41) is 0. The molecular formula is C11H13ClO2S. The van der Waals surface area contributed by atoms with E-state index in [1.165, 1.54) is 18.4 Å². The molecule has 0 N–H and O–H groups in total. The Morgan fingerprint density at radius 3 is 2.07 bits per heavy atom. The largest absolute Gasteiger partial charge is 0.495 e. The third-order valence-corrected chi connectivity index (χ3v) is 3.63. The topological polar surface area (TPSA) is 18.5 Å². The summed E-state index contributed by atoms with van der Waals surface area (Å²) in [5.41, 5.74) is 1.29. The van der Waals surface area contributed by atoms with Crippen molar-refractivity contribution < 1.29 is 9.47 Å². The summed E-state index contributed by atoms with van der Waals surface area (Å²) < 4.78 is 10.6. The molecule has 0 aliphatic heterocycles. The van der Waals surface area contributed by atoms with Crippen LogP contribution in [0.2, 0.25) is 0 Å². The molecule has 82 valence electrons. The number of methoxy groups -OCH3 is 2. The molecule has 1 aliphatic carbocycles. The van der Waals surface area contributed by atoms with Gasteiger partial charge in [-0.3, -0.25) is 0 Å². The molecule has 0 amide bonds. The van der Waals surface area contributed by atoms with E-state index in [2.05, 4.69) is 12.1 Å². The van der Waals surface area contributed by atoms with Crippen LogP contribution in [-0.4, -0.2) is 14.2 Å². The fourth-order valence-corrected chi connectivity index (χ4v) is 2.52. The molecule has 1 aromatic carbocycles. The molecule has 1 aromatic rings. The summed E-state index contributed by atoms with van der Waals surface area (Å²) >= 11 is 0. The van der Waals surface area contributed by atoms with Crippen LogP contribution in [-0.2, 0) is 0 Å². The van der Waals surface area contributed by atoms with Gasteiger partial charge in [0.05, 0.1) is 14.2 Å². The summed E-state index contributed by atoms with van der Waals surface area (Å²) in [7, 11) is 10.2. The van der Waals surface area contributed by atoms with Crippen molar-refractivity contribution in [2.24, 2.45) is 0 Å². The Bertz CT molecular complexity index is 339. The quantitative estimate of drug-likeness (QED) is 0.802. The Labute approximate surface area is 98.4 Å². The van der Waals surface area contributed by atoms with Crippen LogP contribution in [0.5, 0.6) is 11.5 Å². The molecule has 0 heterocycles. The van der Waals surface area contributed by atoms with Gasteiger partial charge in [0.2, 0.25) is 0 Å². The molecule has 0 saturated heterocycles. The maximum atomic E-state index is 5.80. The molecule has 2 nitrogen and oxygen atoms in total. The zero-order valence-electron chi connectivity index (χ0n) is 8.75. The van der Waals surface area contributed by atoms with Crippen LogP contribution in [0.25, 0.3) is 0 Å². The van der Waals surface area contributed by atoms with Gasteiger partial charge in [-0.05, 0) is 58.1 Å². The van der Waals surface area contributed by atoms with Crippen molar-refractivity contribution >= 4 is 21.7 Å². The van der Waals surface area contributed by atoms with E-state index in [0.717, 1.165) is 27.4 Å². The van der Waals surface area contributed by atoms with Crippen LogP contribution < -0.4 is 9.47 Å². The summed E-state index contributed by atoms with van der Waals surface area (Å²) in [5.74, 6) is 2.29. The Kier molecular flexibility index (Phi) is 3.32. The SMILES string of the molecule is COc1cc(C2CC2)cc(OC)c1SCl. The van der Waals surface area contributed by atoms with E-state index in [-0.39, 0.29) is 0 Å². The first-order valence-corrected chi connectivity index (χ1v) is 6.49. The third kappa shape index (κ3) is 2.18. The Morgan fingerprint density at radius 2 is 1.73 bits per heavy atom. The first kappa shape index (κ1) is 11.0. The summed E-state index contributed by atoms with van der Waals surface area (Å²) in [6, 6.07) is 4.12. The highest BCUT2D eigenvalue weighted by atomic mass is 35.7. The molecule has 0 radical (unpaired) electrons. The van der Waals surface area contributed by atoms with Crippen molar-refractivity contribution in [3.63, 3.8) is 0 Å². The fraction of sp³-hybridized carbons (Fsp3) is 0.455. The molecule has 1 saturated carbocycles. The van der Waals surface area contributed by atoms with Crippen molar-refractivity contribution in [1.82, 2.24) is 0 Å². The number of halogens is 1. The second kappa shape index (κ2) is 4.54. The van der Waals surface area contributed by atoms with Gasteiger partial charge in [0.1, 0.15) is 16.4 Å². The van der Waals surface area contributed by atoms with Crippen LogP contribution in [0.3, 0.4) is 0 Å². The van der Waals surface area contributed by atoms with Gasteiger partial charge < -0.3 is 9.47 Å². The van der Waals surface area contributed by atoms with E-state index in [4.69, 9.17) is 20.2 Å². The van der Waals surface area contributed by atoms with Gasteiger partial charge in [-0.2, -0.15) is 0 Å². The predicted molar refractivity (Wildman–Crippen MR) is 63.2 cm³/mol. The van der Waals surface area contributed by atoms with E-state index in [1.54, 1.807) is 14.2 Å². The molecule has 2 rings (SSSR count). The van der Waals surface area contributed by atoms with E-state index in [1.807, 2.05) is 0 Å². The lowest BCUT2D eigenvalue weighted by atomic mass is 10.1. The minimum atomic E-state index is 0.683. The van der Waals surface area contributed by atoms with Gasteiger partial charge in [0, 0.05) is 0 Å². The van der Waals surface area contributed by atoms with Crippen LogP contribution >= 0.6 is 21.7 Å². The average molecular weight is 245 g/mol. The van der Waals surface area contributed by atoms with Crippen LogP contribution in [0.4, 0.5) is 0 Å². The molecule has 4 heteroatoms. The normalized spacial score (nSPS) is 15.1. The number of hydrogen-bond acceptors (Lipinski definition) is 3. The standard InChI is InChI=1S/C11H13ClO2S/c1-13-9-5-8(7-3-4-7)6-10(14-2)11(9)15-12/h5-7H,3-4H2,1-2H3. The first-order chi connectivity index (χ1) is 7.30. The van der Waals surface area contributed by atoms with Crippen molar-refractivity contribution in [2.75, 3.05) is 14.2 Å². The lowest BCUT2D eigenvalue weighted by Crippen LogP contribution is -1.93. The van der Waals surface area contributed by atoms with E-state index in [0.29, 0.717) is 5.92 Å². The predicted octanol–water partition coefficient (Wildman–Crippen LogP) is 3.83. The monoisotopic (exact) mass is 244 g/mol. The maximum absolute atomic E-state index is 5.80. The minimum Gasteiger partial charge on any atom is -0.495 e. The van der Waals surface area contributed by atoms with E-state index >= 15 is 0 Å². The van der Waals surface area contributed by atoms with Crippen molar-refractivity contribution in [3.8, 4) is 11.5 Å². The fourth-order valence-electron chi connectivity index (χ4n) is 1.63. The number of hydrogen-bond donors (Lipinski definition) is 0. The van der Waals surface area contributed by atoms with Crippen molar-refractivity contribution in [1.29, 1.82) is 0 Å². The van der Waals surface area contributed by atoms with Gasteiger partial charge >= 0.3 is 0 Å². The van der Waals surface area contributed by atoms with Gasteiger partial charge in [-0.1, -0.05) is 0 Å². The highest BCUT2D eigenvalue weighted by Crippen LogP contribution is 2.47. The van der Waals surface area contributed by atoms with Gasteiger partial charge in [0.25, 0.3) is 0 Å². The van der Waals surface area contributed by atoms with Crippen LogP contribution in [0.15, 0.2) is 17.0 Å². The second-order valence-electron chi connectivity index (χ2n) is 3.61. The number of rotatable bonds is 4. The summed E-state index contributed by atoms with van der Waals surface area (Å²) in [6.45, 7) is 0. The lowest BCUT2D eigenvalue weighted by molar-refractivity contribution is 0.376. The Balaban J connectivity index is 2.45. The van der Waals surface area contributed by atoms with Crippen LogP contribution in [0.1, 0.15) is 24.3 Å². The van der Waals surface area contributed by atoms with Crippen molar-refractivity contribution in [2.45, 2.75) is 23.7 Å². The molecule has 0 spiro atoms. The zero-order valence-corrected chi connectivity index (χ0v) is 10.3. The molecule has 0 atom stereocenters. The van der Waals surface area contributed by atoms with Gasteiger partial charge in [-0.25, -0.2) is 0 Å². The summed E-state index contributed by atoms with van der Waals surface area (Å²) in [4.78, 5) is 0.853. The molecule has 1 aliphatic rings. The smallest absolute Gasteiger partial charge is 0.137 e. The van der Waals surface area contributed by atoms with E-state index < -0.39 is 0 Å². The lowest BCUT2D eigenvalue weighted by Gasteiger charge is -2.12. The first-order valence-electron chi connectivity index (χ1n) is 4.84. The minimum absolute atomic E-state index is 0.683. The Hall–Kier alpha value is -0.540. The molecule has 1 fully saturated rings. The third-order valence-electron chi connectivity index (χ3n) is 2.61. The zero-order chi connectivity index (χ0) is 10.8. The Morgan fingerprint density at radius 1 is 1.20 bits per heavy atom. The maximum Gasteiger partial charge on any atom is 0.137 e. The van der Waals surface area contributed by atoms with Gasteiger partial charge in [-0.15, -0.1) is 0 Å². The molecular weight excluding hydrogens is 232 g/mol. The summed E-state index contributed by atoms with van der Waals surface area (Å²) in [6.07, 6.45) is 2.53. The molecule has 0 unspecified atom stereocenters. The number of benzene rings is 1. The highest BCUT2D eigenvalue weighted by molar-refractivity contribution is 8.21. The average Bonchev–Trinajstić information content (AvgIpc) is 3.10. The van der Waals surface area contributed by atoms with Crippen LogP contribution in [0, 0.1) is 0 Å².